The lowest BCUT2D eigenvalue weighted by molar-refractivity contribution is -0.181. The molecule has 28 heavy (non-hydrogen) atoms. The zero-order valence-corrected chi connectivity index (χ0v) is 16.7. The molecule has 158 valence electrons. The summed E-state index contributed by atoms with van der Waals surface area (Å²) in [6.07, 6.45) is -4.24. The van der Waals surface area contributed by atoms with Crippen molar-refractivity contribution in [2.45, 2.75) is 37.5 Å². The number of nitrogens with two attached hydrogens (primary N) is 1. The van der Waals surface area contributed by atoms with Crippen LogP contribution in [0.15, 0.2) is 34.2 Å². The fraction of sp³-hybridized carbons (Fsp3) is 0.588. The first-order valence-electron chi connectivity index (χ1n) is 8.98. The van der Waals surface area contributed by atoms with E-state index >= 15 is 0 Å². The minimum Gasteiger partial charge on any atom is -0.357 e. The molecule has 1 atom stereocenters. The number of nitrogens with zero attached hydrogens (tertiary/aromatic N) is 3. The molecular weight excluding hydrogens is 395 g/mol. The molecule has 3 N–H and O–H groups in total. The molecule has 1 aliphatic heterocycles. The lowest BCUT2D eigenvalue weighted by atomic mass is 10.2. The molecule has 11 heteroatoms. The van der Waals surface area contributed by atoms with Crippen molar-refractivity contribution in [2.75, 3.05) is 32.7 Å². The molecule has 0 aliphatic carbocycles. The number of alkyl halides is 3. The molecule has 0 aromatic heterocycles. The molecule has 1 unspecified atom stereocenters. The average molecular weight is 421 g/mol. The van der Waals surface area contributed by atoms with Crippen molar-refractivity contribution in [3.63, 3.8) is 0 Å². The molecule has 0 radical (unpaired) electrons. The Morgan fingerprint density at radius 1 is 1.29 bits per heavy atom. The van der Waals surface area contributed by atoms with Crippen molar-refractivity contribution in [2.24, 2.45) is 10.1 Å². The maximum Gasteiger partial charge on any atom is 0.403 e. The lowest BCUT2D eigenvalue weighted by Gasteiger charge is -2.39. The van der Waals surface area contributed by atoms with Gasteiger partial charge in [0.15, 0.2) is 5.96 Å². The van der Waals surface area contributed by atoms with Crippen LogP contribution in [-0.2, 0) is 16.6 Å². The third-order valence-electron chi connectivity index (χ3n) is 4.61. The first-order valence-corrected chi connectivity index (χ1v) is 10.5. The van der Waals surface area contributed by atoms with Crippen LogP contribution in [-0.4, -0.2) is 69.1 Å². The van der Waals surface area contributed by atoms with E-state index in [0.29, 0.717) is 31.2 Å². The van der Waals surface area contributed by atoms with Crippen molar-refractivity contribution < 1.29 is 21.6 Å². The number of aliphatic imine (C=N–C) groups is 1. The highest BCUT2D eigenvalue weighted by Crippen LogP contribution is 2.25. The van der Waals surface area contributed by atoms with Crippen LogP contribution in [0.5, 0.6) is 0 Å². The Bertz CT molecular complexity index is 790. The Hall–Kier alpha value is -1.85. The molecule has 1 saturated heterocycles. The van der Waals surface area contributed by atoms with E-state index < -0.39 is 22.2 Å². The minimum absolute atomic E-state index is 0.0138. The fourth-order valence-corrected chi connectivity index (χ4v) is 3.52. The topological polar surface area (TPSA) is 91.0 Å². The summed E-state index contributed by atoms with van der Waals surface area (Å²) in [5.74, 6) is 0.586. The summed E-state index contributed by atoms with van der Waals surface area (Å²) >= 11 is 0. The number of sulfonamides is 1. The van der Waals surface area contributed by atoms with Gasteiger partial charge in [0.2, 0.25) is 10.0 Å². The normalized spacial score (nSPS) is 18.2. The number of primary sulfonamides is 1. The van der Waals surface area contributed by atoms with Gasteiger partial charge in [0.05, 0.1) is 11.4 Å². The van der Waals surface area contributed by atoms with Crippen LogP contribution >= 0.6 is 0 Å². The number of halogens is 3. The second kappa shape index (κ2) is 9.10. The molecule has 2 rings (SSSR count). The van der Waals surface area contributed by atoms with Crippen molar-refractivity contribution in [3.8, 4) is 0 Å². The highest BCUT2D eigenvalue weighted by atomic mass is 32.2. The van der Waals surface area contributed by atoms with E-state index in [4.69, 9.17) is 5.14 Å². The maximum atomic E-state index is 12.9. The summed E-state index contributed by atoms with van der Waals surface area (Å²) in [6, 6.07) is 4.73. The SMILES string of the molecule is CCNC(=NCc1cccc(S(N)(=O)=O)c1)N1CCN(C(C)C(F)(F)F)CC1. The lowest BCUT2D eigenvalue weighted by Crippen LogP contribution is -2.56. The van der Waals surface area contributed by atoms with Crippen LogP contribution in [0, 0.1) is 0 Å². The number of nitrogens with one attached hydrogen (secondary N) is 1. The summed E-state index contributed by atoms with van der Waals surface area (Å²) < 4.78 is 61.6. The Labute approximate surface area is 163 Å². The Balaban J connectivity index is 2.06. The average Bonchev–Trinajstić information content (AvgIpc) is 2.63. The van der Waals surface area contributed by atoms with Gasteiger partial charge >= 0.3 is 6.18 Å². The molecule has 1 heterocycles. The molecule has 0 amide bonds. The molecule has 0 spiro atoms. The van der Waals surface area contributed by atoms with Crippen molar-refractivity contribution in [1.29, 1.82) is 0 Å². The first kappa shape index (κ1) is 22.4. The molecule has 1 aliphatic rings. The fourth-order valence-electron chi connectivity index (χ4n) is 2.94. The van der Waals surface area contributed by atoms with Gasteiger partial charge in [0.25, 0.3) is 0 Å². The van der Waals surface area contributed by atoms with E-state index in [1.165, 1.54) is 24.0 Å². The van der Waals surface area contributed by atoms with Gasteiger partial charge in [-0.05, 0) is 31.5 Å². The molecule has 0 saturated carbocycles. The first-order chi connectivity index (χ1) is 13.0. The second-order valence-electron chi connectivity index (χ2n) is 6.60. The zero-order valence-electron chi connectivity index (χ0n) is 15.9. The van der Waals surface area contributed by atoms with Gasteiger partial charge in [0, 0.05) is 32.7 Å². The number of rotatable bonds is 5. The standard InChI is InChI=1S/C17H26F3N5O2S/c1-3-22-16(23-12-14-5-4-6-15(11-14)28(21,26)27)25-9-7-24(8-10-25)13(2)17(18,19)20/h4-6,11,13H,3,7-10,12H2,1-2H3,(H,22,23)(H2,21,26,27). The van der Waals surface area contributed by atoms with Crippen LogP contribution < -0.4 is 10.5 Å². The number of hydrogen-bond acceptors (Lipinski definition) is 4. The summed E-state index contributed by atoms with van der Waals surface area (Å²) in [7, 11) is -3.79. The Morgan fingerprint density at radius 3 is 2.46 bits per heavy atom. The van der Waals surface area contributed by atoms with Gasteiger partial charge in [-0.3, -0.25) is 4.90 Å². The van der Waals surface area contributed by atoms with E-state index in [9.17, 15) is 21.6 Å². The number of hydrogen-bond donors (Lipinski definition) is 2. The number of piperazine rings is 1. The Kier molecular flexibility index (Phi) is 7.29. The zero-order chi connectivity index (χ0) is 20.9. The van der Waals surface area contributed by atoms with E-state index in [2.05, 4.69) is 10.3 Å². The van der Waals surface area contributed by atoms with Gasteiger partial charge < -0.3 is 10.2 Å². The summed E-state index contributed by atoms with van der Waals surface area (Å²) in [6.45, 7) is 5.32. The molecule has 1 aromatic carbocycles. The van der Waals surface area contributed by atoms with Crippen LogP contribution in [0.2, 0.25) is 0 Å². The van der Waals surface area contributed by atoms with Crippen molar-refractivity contribution >= 4 is 16.0 Å². The van der Waals surface area contributed by atoms with Crippen LogP contribution in [0.3, 0.4) is 0 Å². The molecular formula is C17H26F3N5O2S. The number of benzene rings is 1. The van der Waals surface area contributed by atoms with Gasteiger partial charge in [-0.25, -0.2) is 18.5 Å². The van der Waals surface area contributed by atoms with Crippen LogP contribution in [0.4, 0.5) is 13.2 Å². The predicted molar refractivity (Wildman–Crippen MR) is 101 cm³/mol. The quantitative estimate of drug-likeness (QED) is 0.554. The third kappa shape index (κ3) is 6.08. The molecule has 1 aromatic rings. The number of guanidine groups is 1. The van der Waals surface area contributed by atoms with E-state index in [1.54, 1.807) is 12.1 Å². The largest absolute Gasteiger partial charge is 0.403 e. The minimum atomic E-state index is -4.24. The highest BCUT2D eigenvalue weighted by molar-refractivity contribution is 7.89. The van der Waals surface area contributed by atoms with Crippen LogP contribution in [0.1, 0.15) is 19.4 Å². The smallest absolute Gasteiger partial charge is 0.357 e. The summed E-state index contributed by atoms with van der Waals surface area (Å²) in [5, 5.41) is 8.28. The van der Waals surface area contributed by atoms with Gasteiger partial charge in [0.1, 0.15) is 6.04 Å². The van der Waals surface area contributed by atoms with Crippen molar-refractivity contribution in [3.05, 3.63) is 29.8 Å². The molecule has 7 nitrogen and oxygen atoms in total. The molecule has 0 bridgehead atoms. The summed E-state index contributed by atoms with van der Waals surface area (Å²) in [4.78, 5) is 7.84. The van der Waals surface area contributed by atoms with Crippen LogP contribution in [0.25, 0.3) is 0 Å². The maximum absolute atomic E-state index is 12.9. The van der Waals surface area contributed by atoms with Gasteiger partial charge in [-0.1, -0.05) is 12.1 Å². The van der Waals surface area contributed by atoms with Gasteiger partial charge in [-0.15, -0.1) is 0 Å². The van der Waals surface area contributed by atoms with E-state index in [0.717, 1.165) is 0 Å². The highest BCUT2D eigenvalue weighted by Gasteiger charge is 2.41. The van der Waals surface area contributed by atoms with E-state index in [1.807, 2.05) is 11.8 Å². The Morgan fingerprint density at radius 2 is 1.93 bits per heavy atom. The van der Waals surface area contributed by atoms with E-state index in [-0.39, 0.29) is 24.5 Å². The third-order valence-corrected chi connectivity index (χ3v) is 5.52. The molecule has 1 fully saturated rings. The summed E-state index contributed by atoms with van der Waals surface area (Å²) in [5.41, 5.74) is 0.672. The monoisotopic (exact) mass is 421 g/mol. The second-order valence-corrected chi connectivity index (χ2v) is 8.16. The predicted octanol–water partition coefficient (Wildman–Crippen LogP) is 1.37. The van der Waals surface area contributed by atoms with Crippen molar-refractivity contribution in [1.82, 2.24) is 15.1 Å². The van der Waals surface area contributed by atoms with Gasteiger partial charge in [-0.2, -0.15) is 13.2 Å².